The lowest BCUT2D eigenvalue weighted by Crippen LogP contribution is -2.09. The van der Waals surface area contributed by atoms with Gasteiger partial charge in [0.25, 0.3) is 0 Å². The number of aromatic nitrogens is 2. The Bertz CT molecular complexity index is 549. The molecule has 0 unspecified atom stereocenters. The maximum atomic E-state index is 4.47. The molecule has 0 saturated carbocycles. The van der Waals surface area contributed by atoms with Gasteiger partial charge in [-0.3, -0.25) is 0 Å². The van der Waals surface area contributed by atoms with Crippen molar-refractivity contribution in [1.29, 1.82) is 0 Å². The third-order valence-corrected chi connectivity index (χ3v) is 3.25. The molecule has 2 aromatic rings. The van der Waals surface area contributed by atoms with Crippen molar-refractivity contribution in [2.24, 2.45) is 5.92 Å². The van der Waals surface area contributed by atoms with Gasteiger partial charge in [0.05, 0.1) is 0 Å². The molecule has 4 nitrogen and oxygen atoms in total. The van der Waals surface area contributed by atoms with E-state index in [0.29, 0.717) is 11.9 Å². The molecule has 2 N–H and O–H groups in total. The Balaban J connectivity index is 1.87. The van der Waals surface area contributed by atoms with E-state index >= 15 is 0 Å². The summed E-state index contributed by atoms with van der Waals surface area (Å²) < 4.78 is 0. The van der Waals surface area contributed by atoms with Crippen molar-refractivity contribution in [3.8, 4) is 0 Å². The highest BCUT2D eigenvalue weighted by Gasteiger charge is 2.00. The Kier molecular flexibility index (Phi) is 5.55. The van der Waals surface area contributed by atoms with Crippen molar-refractivity contribution in [2.45, 2.75) is 33.7 Å². The summed E-state index contributed by atoms with van der Waals surface area (Å²) in [7, 11) is 0. The second-order valence-electron chi connectivity index (χ2n) is 5.71. The highest BCUT2D eigenvalue weighted by molar-refractivity contribution is 5.40. The predicted molar refractivity (Wildman–Crippen MR) is 88.5 cm³/mol. The Hall–Kier alpha value is -2.10. The molecule has 1 aromatic heterocycles. The number of rotatable bonds is 7. The molecule has 0 aliphatic rings. The Labute approximate surface area is 127 Å². The van der Waals surface area contributed by atoms with Crippen LogP contribution in [0.4, 0.5) is 11.8 Å². The van der Waals surface area contributed by atoms with Gasteiger partial charge in [0.1, 0.15) is 5.82 Å². The lowest BCUT2D eigenvalue weighted by molar-refractivity contribution is 0.606. The molecule has 2 rings (SSSR count). The smallest absolute Gasteiger partial charge is 0.224 e. The van der Waals surface area contributed by atoms with E-state index in [9.17, 15) is 0 Å². The number of nitrogens with zero attached hydrogens (tertiary/aromatic N) is 2. The number of anilines is 2. The van der Waals surface area contributed by atoms with Gasteiger partial charge >= 0.3 is 0 Å². The molecule has 0 radical (unpaired) electrons. The van der Waals surface area contributed by atoms with Crippen molar-refractivity contribution in [3.63, 3.8) is 0 Å². The largest absolute Gasteiger partial charge is 0.370 e. The minimum atomic E-state index is 0.658. The van der Waals surface area contributed by atoms with E-state index in [-0.39, 0.29) is 0 Å². The van der Waals surface area contributed by atoms with E-state index in [0.717, 1.165) is 25.3 Å². The minimum absolute atomic E-state index is 0.658. The quantitative estimate of drug-likeness (QED) is 0.810. The zero-order valence-electron chi connectivity index (χ0n) is 13.1. The van der Waals surface area contributed by atoms with Crippen molar-refractivity contribution < 1.29 is 0 Å². The van der Waals surface area contributed by atoms with Crippen molar-refractivity contribution >= 4 is 11.8 Å². The molecule has 21 heavy (non-hydrogen) atoms. The third-order valence-electron chi connectivity index (χ3n) is 3.25. The van der Waals surface area contributed by atoms with Crippen LogP contribution < -0.4 is 10.6 Å². The van der Waals surface area contributed by atoms with E-state index in [2.05, 4.69) is 65.6 Å². The summed E-state index contributed by atoms with van der Waals surface area (Å²) in [6, 6.07) is 10.4. The van der Waals surface area contributed by atoms with Gasteiger partial charge in [0.15, 0.2) is 0 Å². The van der Waals surface area contributed by atoms with Crippen LogP contribution in [0.3, 0.4) is 0 Å². The number of hydrogen-bond donors (Lipinski definition) is 2. The van der Waals surface area contributed by atoms with Crippen LogP contribution in [-0.4, -0.2) is 16.5 Å². The van der Waals surface area contributed by atoms with Crippen LogP contribution >= 0.6 is 0 Å². The summed E-state index contributed by atoms with van der Waals surface area (Å²) in [6.07, 6.45) is 2.91. The SMILES string of the molecule is Cc1ccc(CNc2nccc(NCCC(C)C)n2)cc1. The first-order valence-corrected chi connectivity index (χ1v) is 7.50. The summed E-state index contributed by atoms with van der Waals surface area (Å²) in [6.45, 7) is 8.20. The molecule has 0 atom stereocenters. The first kappa shape index (κ1) is 15.3. The molecule has 0 amide bonds. The van der Waals surface area contributed by atoms with E-state index < -0.39 is 0 Å². The van der Waals surface area contributed by atoms with Gasteiger partial charge in [-0.2, -0.15) is 4.98 Å². The molecule has 0 spiro atoms. The molecule has 0 bridgehead atoms. The molecule has 0 fully saturated rings. The summed E-state index contributed by atoms with van der Waals surface area (Å²) in [4.78, 5) is 8.72. The van der Waals surface area contributed by atoms with Crippen molar-refractivity contribution in [3.05, 3.63) is 47.7 Å². The fraction of sp³-hybridized carbons (Fsp3) is 0.412. The maximum absolute atomic E-state index is 4.47. The first-order valence-electron chi connectivity index (χ1n) is 7.50. The first-order chi connectivity index (χ1) is 10.1. The number of hydrogen-bond acceptors (Lipinski definition) is 4. The number of benzene rings is 1. The summed E-state index contributed by atoms with van der Waals surface area (Å²) in [5.41, 5.74) is 2.49. The molecule has 0 aliphatic heterocycles. The molecule has 1 aromatic carbocycles. The second kappa shape index (κ2) is 7.62. The third kappa shape index (κ3) is 5.42. The number of aryl methyl sites for hydroxylation is 1. The zero-order chi connectivity index (χ0) is 15.1. The lowest BCUT2D eigenvalue weighted by Gasteiger charge is -2.09. The van der Waals surface area contributed by atoms with E-state index in [1.54, 1.807) is 6.20 Å². The maximum Gasteiger partial charge on any atom is 0.224 e. The fourth-order valence-electron chi connectivity index (χ4n) is 1.92. The normalized spacial score (nSPS) is 10.7. The van der Waals surface area contributed by atoms with Crippen LogP contribution in [0.25, 0.3) is 0 Å². The summed E-state index contributed by atoms with van der Waals surface area (Å²) in [5, 5.41) is 6.59. The summed E-state index contributed by atoms with van der Waals surface area (Å²) in [5.74, 6) is 2.22. The van der Waals surface area contributed by atoms with Gasteiger partial charge in [-0.15, -0.1) is 0 Å². The monoisotopic (exact) mass is 284 g/mol. The molecule has 4 heteroatoms. The van der Waals surface area contributed by atoms with E-state index in [4.69, 9.17) is 0 Å². The van der Waals surface area contributed by atoms with Gasteiger partial charge < -0.3 is 10.6 Å². The molecule has 1 heterocycles. The van der Waals surface area contributed by atoms with E-state index in [1.165, 1.54) is 11.1 Å². The van der Waals surface area contributed by atoms with Gasteiger partial charge in [-0.25, -0.2) is 4.98 Å². The van der Waals surface area contributed by atoms with Crippen LogP contribution in [-0.2, 0) is 6.54 Å². The van der Waals surface area contributed by atoms with Crippen LogP contribution in [0.5, 0.6) is 0 Å². The highest BCUT2D eigenvalue weighted by Crippen LogP contribution is 2.09. The van der Waals surface area contributed by atoms with Crippen LogP contribution in [0, 0.1) is 12.8 Å². The standard InChI is InChI=1S/C17H24N4/c1-13(2)8-10-18-16-9-11-19-17(21-16)20-12-15-6-4-14(3)5-7-15/h4-7,9,11,13H,8,10,12H2,1-3H3,(H2,18,19,20,21). The van der Waals surface area contributed by atoms with Gasteiger partial charge in [0.2, 0.25) is 5.95 Å². The fourth-order valence-corrected chi connectivity index (χ4v) is 1.92. The zero-order valence-corrected chi connectivity index (χ0v) is 13.1. The Morgan fingerprint density at radius 2 is 1.81 bits per heavy atom. The topological polar surface area (TPSA) is 49.8 Å². The van der Waals surface area contributed by atoms with Gasteiger partial charge in [-0.05, 0) is 30.9 Å². The summed E-state index contributed by atoms with van der Waals surface area (Å²) >= 11 is 0. The highest BCUT2D eigenvalue weighted by atomic mass is 15.1. The lowest BCUT2D eigenvalue weighted by atomic mass is 10.1. The molecular weight excluding hydrogens is 260 g/mol. The van der Waals surface area contributed by atoms with Gasteiger partial charge in [0, 0.05) is 19.3 Å². The number of nitrogens with one attached hydrogen (secondary N) is 2. The molecule has 112 valence electrons. The minimum Gasteiger partial charge on any atom is -0.370 e. The average Bonchev–Trinajstić information content (AvgIpc) is 2.47. The molecule has 0 saturated heterocycles. The van der Waals surface area contributed by atoms with E-state index in [1.807, 2.05) is 6.07 Å². The average molecular weight is 284 g/mol. The predicted octanol–water partition coefficient (Wildman–Crippen LogP) is 3.86. The van der Waals surface area contributed by atoms with Crippen LogP contribution in [0.2, 0.25) is 0 Å². The second-order valence-corrected chi connectivity index (χ2v) is 5.71. The van der Waals surface area contributed by atoms with Crippen molar-refractivity contribution in [1.82, 2.24) is 9.97 Å². The Morgan fingerprint density at radius 3 is 2.52 bits per heavy atom. The van der Waals surface area contributed by atoms with Crippen LogP contribution in [0.1, 0.15) is 31.4 Å². The van der Waals surface area contributed by atoms with Crippen LogP contribution in [0.15, 0.2) is 36.5 Å². The van der Waals surface area contributed by atoms with Gasteiger partial charge in [-0.1, -0.05) is 43.7 Å². The molecule has 0 aliphatic carbocycles. The molecular formula is C17H24N4. The Morgan fingerprint density at radius 1 is 1.05 bits per heavy atom. The van der Waals surface area contributed by atoms with Crippen molar-refractivity contribution in [2.75, 3.05) is 17.2 Å².